The topological polar surface area (TPSA) is 25.8 Å². The lowest BCUT2D eigenvalue weighted by atomic mass is 10.1. The molecule has 1 aromatic heterocycles. The van der Waals surface area contributed by atoms with Gasteiger partial charge in [0.15, 0.2) is 0 Å². The molecule has 0 saturated carbocycles. The highest BCUT2D eigenvalue weighted by Gasteiger charge is 2.00. The Labute approximate surface area is 89.4 Å². The van der Waals surface area contributed by atoms with Crippen LogP contribution in [0.3, 0.4) is 0 Å². The van der Waals surface area contributed by atoms with Crippen LogP contribution < -0.4 is 0 Å². The normalized spacial score (nSPS) is 9.21. The lowest BCUT2D eigenvalue weighted by Gasteiger charge is -2.02. The molecule has 2 aromatic rings. The fraction of sp³-hybridized carbons (Fsp3) is 0.0909. The van der Waals surface area contributed by atoms with Crippen LogP contribution in [0.4, 0.5) is 0 Å². The minimum absolute atomic E-state index is 0. The van der Waals surface area contributed by atoms with Crippen molar-refractivity contribution in [1.82, 2.24) is 9.97 Å². The van der Waals surface area contributed by atoms with Crippen molar-refractivity contribution in [3.63, 3.8) is 0 Å². The molecule has 0 saturated heterocycles. The van der Waals surface area contributed by atoms with Crippen LogP contribution in [0.2, 0.25) is 0 Å². The molecule has 2 nitrogen and oxygen atoms in total. The van der Waals surface area contributed by atoms with Crippen LogP contribution in [0.25, 0.3) is 11.3 Å². The Balaban J connectivity index is 0.000000980. The molecular formula is C11H11ClN2. The van der Waals surface area contributed by atoms with E-state index in [9.17, 15) is 0 Å². The van der Waals surface area contributed by atoms with Crippen molar-refractivity contribution in [2.75, 3.05) is 0 Å². The molecule has 1 heterocycles. The third-order valence-corrected chi connectivity index (χ3v) is 1.98. The Morgan fingerprint density at radius 1 is 1.07 bits per heavy atom. The number of benzene rings is 1. The molecule has 72 valence electrons. The second-order valence-electron chi connectivity index (χ2n) is 2.91. The van der Waals surface area contributed by atoms with Gasteiger partial charge in [0.1, 0.15) is 0 Å². The van der Waals surface area contributed by atoms with E-state index < -0.39 is 0 Å². The van der Waals surface area contributed by atoms with Gasteiger partial charge in [-0.3, -0.25) is 9.97 Å². The minimum Gasteiger partial charge on any atom is -0.261 e. The van der Waals surface area contributed by atoms with E-state index in [1.807, 2.05) is 12.1 Å². The fourth-order valence-corrected chi connectivity index (χ4v) is 1.30. The predicted molar refractivity (Wildman–Crippen MR) is 59.5 cm³/mol. The average Bonchev–Trinajstić information content (AvgIpc) is 2.20. The molecule has 0 amide bonds. The summed E-state index contributed by atoms with van der Waals surface area (Å²) >= 11 is 0. The summed E-state index contributed by atoms with van der Waals surface area (Å²) in [6.45, 7) is 2.07. The van der Waals surface area contributed by atoms with E-state index in [0.29, 0.717) is 0 Å². The number of hydrogen-bond acceptors (Lipinski definition) is 2. The first-order valence-corrected chi connectivity index (χ1v) is 4.20. The summed E-state index contributed by atoms with van der Waals surface area (Å²) < 4.78 is 0. The van der Waals surface area contributed by atoms with Gasteiger partial charge in [-0.1, -0.05) is 24.3 Å². The van der Waals surface area contributed by atoms with Gasteiger partial charge in [-0.15, -0.1) is 12.4 Å². The summed E-state index contributed by atoms with van der Waals surface area (Å²) in [5, 5.41) is 0. The standard InChI is InChI=1S/C11H10N2.ClH/c1-9-4-2-3-5-10(9)11-8-12-6-7-13-11;/h2-8H,1H3;1H. The molecule has 0 radical (unpaired) electrons. The predicted octanol–water partition coefficient (Wildman–Crippen LogP) is 2.87. The maximum atomic E-state index is 4.25. The van der Waals surface area contributed by atoms with Gasteiger partial charge in [-0.2, -0.15) is 0 Å². The third kappa shape index (κ3) is 2.09. The number of rotatable bonds is 1. The molecule has 0 bridgehead atoms. The zero-order chi connectivity index (χ0) is 9.10. The second kappa shape index (κ2) is 4.72. The minimum atomic E-state index is 0. The van der Waals surface area contributed by atoms with E-state index >= 15 is 0 Å². The maximum Gasteiger partial charge on any atom is 0.0887 e. The quantitative estimate of drug-likeness (QED) is 0.717. The van der Waals surface area contributed by atoms with Crippen LogP contribution in [-0.2, 0) is 0 Å². The van der Waals surface area contributed by atoms with Gasteiger partial charge in [-0.05, 0) is 12.5 Å². The van der Waals surface area contributed by atoms with Crippen molar-refractivity contribution in [1.29, 1.82) is 0 Å². The van der Waals surface area contributed by atoms with E-state index in [4.69, 9.17) is 0 Å². The fourth-order valence-electron chi connectivity index (χ4n) is 1.30. The molecule has 0 unspecified atom stereocenters. The molecule has 0 fully saturated rings. The highest BCUT2D eigenvalue weighted by atomic mass is 35.5. The molecule has 14 heavy (non-hydrogen) atoms. The van der Waals surface area contributed by atoms with Crippen molar-refractivity contribution in [3.05, 3.63) is 48.4 Å². The lowest BCUT2D eigenvalue weighted by Crippen LogP contribution is -1.86. The van der Waals surface area contributed by atoms with Crippen LogP contribution in [0.15, 0.2) is 42.9 Å². The summed E-state index contributed by atoms with van der Waals surface area (Å²) in [7, 11) is 0. The number of hydrogen-bond donors (Lipinski definition) is 0. The van der Waals surface area contributed by atoms with Crippen molar-refractivity contribution in [2.45, 2.75) is 6.92 Å². The third-order valence-electron chi connectivity index (χ3n) is 1.98. The summed E-state index contributed by atoms with van der Waals surface area (Å²) in [6, 6.07) is 8.16. The average molecular weight is 207 g/mol. The smallest absolute Gasteiger partial charge is 0.0887 e. The molecule has 0 N–H and O–H groups in total. The van der Waals surface area contributed by atoms with Gasteiger partial charge in [0, 0.05) is 18.0 Å². The molecule has 0 aliphatic carbocycles. The van der Waals surface area contributed by atoms with Crippen molar-refractivity contribution < 1.29 is 0 Å². The van der Waals surface area contributed by atoms with Crippen molar-refractivity contribution in [2.24, 2.45) is 0 Å². The van der Waals surface area contributed by atoms with Gasteiger partial charge < -0.3 is 0 Å². The second-order valence-corrected chi connectivity index (χ2v) is 2.91. The molecule has 1 aromatic carbocycles. The van der Waals surface area contributed by atoms with Crippen LogP contribution in [0.5, 0.6) is 0 Å². The Hall–Kier alpha value is -1.41. The number of nitrogens with zero attached hydrogens (tertiary/aromatic N) is 2. The van der Waals surface area contributed by atoms with Gasteiger partial charge in [0.25, 0.3) is 0 Å². The maximum absolute atomic E-state index is 4.25. The van der Waals surface area contributed by atoms with E-state index in [-0.39, 0.29) is 12.4 Å². The summed E-state index contributed by atoms with van der Waals surface area (Å²) in [4.78, 5) is 8.29. The van der Waals surface area contributed by atoms with Crippen LogP contribution in [0, 0.1) is 6.92 Å². The first-order chi connectivity index (χ1) is 6.38. The van der Waals surface area contributed by atoms with E-state index in [1.165, 1.54) is 5.56 Å². The molecule has 0 aliphatic rings. The largest absolute Gasteiger partial charge is 0.261 e. The Bertz CT molecular complexity index is 401. The summed E-state index contributed by atoms with van der Waals surface area (Å²) in [6.07, 6.45) is 5.17. The zero-order valence-electron chi connectivity index (χ0n) is 7.84. The molecule has 2 rings (SSSR count). The highest BCUT2D eigenvalue weighted by Crippen LogP contribution is 2.18. The van der Waals surface area contributed by atoms with Gasteiger partial charge in [0.05, 0.1) is 11.9 Å². The summed E-state index contributed by atoms with van der Waals surface area (Å²) in [5.74, 6) is 0. The Kier molecular flexibility index (Phi) is 3.60. The zero-order valence-corrected chi connectivity index (χ0v) is 8.66. The molecule has 0 aliphatic heterocycles. The van der Waals surface area contributed by atoms with Crippen molar-refractivity contribution in [3.8, 4) is 11.3 Å². The number of halogens is 1. The van der Waals surface area contributed by atoms with E-state index in [0.717, 1.165) is 11.3 Å². The van der Waals surface area contributed by atoms with E-state index in [2.05, 4.69) is 29.0 Å². The SMILES string of the molecule is Cc1ccccc1-c1cnccn1.Cl. The van der Waals surface area contributed by atoms with Crippen LogP contribution in [-0.4, -0.2) is 9.97 Å². The summed E-state index contributed by atoms with van der Waals surface area (Å²) in [5.41, 5.74) is 3.30. The van der Waals surface area contributed by atoms with Gasteiger partial charge in [0.2, 0.25) is 0 Å². The van der Waals surface area contributed by atoms with Gasteiger partial charge in [-0.25, -0.2) is 0 Å². The Morgan fingerprint density at radius 3 is 2.50 bits per heavy atom. The van der Waals surface area contributed by atoms with Gasteiger partial charge >= 0.3 is 0 Å². The highest BCUT2D eigenvalue weighted by molar-refractivity contribution is 5.85. The van der Waals surface area contributed by atoms with Crippen LogP contribution in [0.1, 0.15) is 5.56 Å². The number of aromatic nitrogens is 2. The Morgan fingerprint density at radius 2 is 1.86 bits per heavy atom. The van der Waals surface area contributed by atoms with E-state index in [1.54, 1.807) is 18.6 Å². The lowest BCUT2D eigenvalue weighted by molar-refractivity contribution is 1.20. The molecule has 3 heteroatoms. The molecule has 0 atom stereocenters. The molecular weight excluding hydrogens is 196 g/mol. The molecule has 0 spiro atoms. The first kappa shape index (κ1) is 10.7. The van der Waals surface area contributed by atoms with Crippen molar-refractivity contribution >= 4 is 12.4 Å². The first-order valence-electron chi connectivity index (χ1n) is 4.20. The van der Waals surface area contributed by atoms with Crippen LogP contribution >= 0.6 is 12.4 Å². The monoisotopic (exact) mass is 206 g/mol. The number of aryl methyl sites for hydroxylation is 1.